The Morgan fingerprint density at radius 3 is 2.16 bits per heavy atom. The maximum absolute atomic E-state index is 15.1. The molecule has 50 heavy (non-hydrogen) atoms. The van der Waals surface area contributed by atoms with Gasteiger partial charge in [0.25, 0.3) is 0 Å². The topological polar surface area (TPSA) is 128 Å². The van der Waals surface area contributed by atoms with E-state index in [9.17, 15) is 18.4 Å². The summed E-state index contributed by atoms with van der Waals surface area (Å²) in [4.78, 5) is 34.2. The van der Waals surface area contributed by atoms with E-state index in [1.165, 1.54) is 54.7 Å². The molecule has 2 amide bonds. The number of aromatic nitrogens is 2. The second-order valence-corrected chi connectivity index (χ2v) is 13.1. The molecule has 0 unspecified atom stereocenters. The van der Waals surface area contributed by atoms with Crippen LogP contribution in [0.3, 0.4) is 0 Å². The molecule has 6 rings (SSSR count). The van der Waals surface area contributed by atoms with Crippen molar-refractivity contribution in [2.45, 2.75) is 68.5 Å². The molecule has 262 valence electrons. The van der Waals surface area contributed by atoms with Gasteiger partial charge in [-0.2, -0.15) is 0 Å². The molecule has 1 saturated carbocycles. The number of carbonyl (C=O) groups is 2. The van der Waals surface area contributed by atoms with Gasteiger partial charge in [0, 0.05) is 29.8 Å². The number of pyridine rings is 2. The number of rotatable bonds is 12. The number of hydrogen-bond acceptors (Lipinski definition) is 7. The largest absolute Gasteiger partial charge is 0.449 e. The van der Waals surface area contributed by atoms with Crippen molar-refractivity contribution in [2.24, 2.45) is 11.7 Å². The molecule has 3 heterocycles. The summed E-state index contributed by atoms with van der Waals surface area (Å²) in [6, 6.07) is 13.8. The van der Waals surface area contributed by atoms with E-state index in [1.54, 1.807) is 12.4 Å². The van der Waals surface area contributed by atoms with Crippen molar-refractivity contribution in [3.63, 3.8) is 0 Å². The smallest absolute Gasteiger partial charge is 0.407 e. The fraction of sp³-hybridized carbons (Fsp3) is 0.368. The highest BCUT2D eigenvalue weighted by Crippen LogP contribution is 2.41. The number of carbonyl (C=O) groups excluding carboxylic acids is 2. The molecule has 12 heteroatoms. The third-order valence-electron chi connectivity index (χ3n) is 9.80. The van der Waals surface area contributed by atoms with Crippen LogP contribution in [0, 0.1) is 23.4 Å². The first-order chi connectivity index (χ1) is 24.2. The van der Waals surface area contributed by atoms with Crippen LogP contribution >= 0.6 is 0 Å². The van der Waals surface area contributed by atoms with Crippen molar-refractivity contribution in [1.82, 2.24) is 15.3 Å². The van der Waals surface area contributed by atoms with Crippen molar-refractivity contribution in [3.8, 4) is 0 Å². The lowest BCUT2D eigenvalue weighted by atomic mass is 9.72. The summed E-state index contributed by atoms with van der Waals surface area (Å²) in [5, 5.41) is 5.79. The zero-order chi connectivity index (χ0) is 35.1. The summed E-state index contributed by atoms with van der Waals surface area (Å²) < 4.78 is 54.2. The third-order valence-corrected chi connectivity index (χ3v) is 9.80. The van der Waals surface area contributed by atoms with Crippen LogP contribution in [-0.2, 0) is 26.2 Å². The summed E-state index contributed by atoms with van der Waals surface area (Å²) in [6.07, 6.45) is 10.3. The van der Waals surface area contributed by atoms with Gasteiger partial charge in [0.2, 0.25) is 5.91 Å². The summed E-state index contributed by atoms with van der Waals surface area (Å²) in [6.45, 7) is 0.635. The van der Waals surface area contributed by atoms with E-state index in [1.807, 2.05) is 12.1 Å². The monoisotopic (exact) mass is 687 g/mol. The Labute approximate surface area is 288 Å². The highest BCUT2D eigenvalue weighted by Gasteiger charge is 2.40. The molecule has 2 aromatic heterocycles. The number of nitrogens with zero attached hydrogens (tertiary/aromatic N) is 2. The van der Waals surface area contributed by atoms with Gasteiger partial charge in [-0.3, -0.25) is 14.8 Å². The Morgan fingerprint density at radius 2 is 1.58 bits per heavy atom. The number of anilines is 1. The predicted molar refractivity (Wildman–Crippen MR) is 180 cm³/mol. The Balaban J connectivity index is 1.02. The number of hydrogen-bond donors (Lipinski definition) is 3. The van der Waals surface area contributed by atoms with E-state index in [2.05, 4.69) is 20.6 Å². The molecule has 2 aliphatic rings. The van der Waals surface area contributed by atoms with Crippen molar-refractivity contribution < 1.29 is 32.2 Å². The molecule has 2 aromatic carbocycles. The number of nitrogens with two attached hydrogens (primary N) is 1. The van der Waals surface area contributed by atoms with Gasteiger partial charge in [0.1, 0.15) is 17.5 Å². The van der Waals surface area contributed by atoms with E-state index in [0.29, 0.717) is 30.6 Å². The van der Waals surface area contributed by atoms with Crippen LogP contribution in [0.5, 0.6) is 0 Å². The van der Waals surface area contributed by atoms with Gasteiger partial charge in [0.15, 0.2) is 0 Å². The van der Waals surface area contributed by atoms with Crippen LogP contribution in [0.4, 0.5) is 23.7 Å². The lowest BCUT2D eigenvalue weighted by molar-refractivity contribution is -0.117. The number of ether oxygens (including phenoxy) is 2. The van der Waals surface area contributed by atoms with Gasteiger partial charge < -0.3 is 25.8 Å². The van der Waals surface area contributed by atoms with E-state index in [-0.39, 0.29) is 36.3 Å². The van der Waals surface area contributed by atoms with Crippen molar-refractivity contribution in [2.75, 3.05) is 18.5 Å². The molecule has 0 spiro atoms. The number of benzene rings is 2. The maximum atomic E-state index is 15.1. The summed E-state index contributed by atoms with van der Waals surface area (Å²) in [5.41, 5.74) is 8.67. The fourth-order valence-corrected chi connectivity index (χ4v) is 6.78. The Hall–Kier alpha value is -4.81. The SMILES string of the molecule is N[C@H](C(=O)Nc1cncc(F)c1CC[C@@H]1CC[C@H](COC(=O)NC2(c3ccncc3)CCC2)CO1)C(c1ccc(F)cc1)c1ccc(F)cc1. The quantitative estimate of drug-likeness (QED) is 0.155. The Kier molecular flexibility index (Phi) is 11.1. The highest BCUT2D eigenvalue weighted by molar-refractivity contribution is 5.96. The van der Waals surface area contributed by atoms with Gasteiger partial charge in [0.05, 0.1) is 49.0 Å². The zero-order valence-corrected chi connectivity index (χ0v) is 27.5. The molecular weight excluding hydrogens is 647 g/mol. The van der Waals surface area contributed by atoms with E-state index < -0.39 is 47.0 Å². The van der Waals surface area contributed by atoms with Gasteiger partial charge in [-0.25, -0.2) is 18.0 Å². The van der Waals surface area contributed by atoms with Crippen molar-refractivity contribution in [1.29, 1.82) is 0 Å². The lowest BCUT2D eigenvalue weighted by Gasteiger charge is -2.42. The molecule has 1 aliphatic carbocycles. The average molecular weight is 688 g/mol. The van der Waals surface area contributed by atoms with Crippen LogP contribution in [0.1, 0.15) is 66.7 Å². The third kappa shape index (κ3) is 8.31. The standard InChI is InChI=1S/C38H40F3N5O4/c39-28-7-3-25(4-8-28)34(26-5-9-29(40)10-6-26)35(42)36(47)45-33-21-44-20-32(41)31(33)13-12-30-11-2-24(22-49-30)23-50-37(48)46-38(16-1-17-38)27-14-18-43-19-15-27/h3-10,14-15,18-21,24,30,34-35H,1-2,11-13,16-17,22-23,42H2,(H,45,47)(H,46,48)/t24-,30-,35-/m0/s1. The normalized spacial score (nSPS) is 18.9. The molecule has 1 saturated heterocycles. The van der Waals surface area contributed by atoms with Gasteiger partial charge >= 0.3 is 6.09 Å². The van der Waals surface area contributed by atoms with Crippen LogP contribution in [0.15, 0.2) is 85.5 Å². The summed E-state index contributed by atoms with van der Waals surface area (Å²) in [7, 11) is 0. The first-order valence-electron chi connectivity index (χ1n) is 16.9. The predicted octanol–water partition coefficient (Wildman–Crippen LogP) is 6.53. The van der Waals surface area contributed by atoms with E-state index in [0.717, 1.165) is 37.4 Å². The molecule has 0 radical (unpaired) electrons. The molecule has 2 fully saturated rings. The highest BCUT2D eigenvalue weighted by atomic mass is 19.1. The number of halogens is 3. The van der Waals surface area contributed by atoms with Crippen LogP contribution < -0.4 is 16.4 Å². The summed E-state index contributed by atoms with van der Waals surface area (Å²) >= 11 is 0. The van der Waals surface area contributed by atoms with E-state index >= 15 is 4.39 Å². The van der Waals surface area contributed by atoms with E-state index in [4.69, 9.17) is 15.2 Å². The molecule has 4 aromatic rings. The van der Waals surface area contributed by atoms with Gasteiger partial charge in [-0.1, -0.05) is 24.3 Å². The second kappa shape index (κ2) is 15.8. The minimum Gasteiger partial charge on any atom is -0.449 e. The minimum absolute atomic E-state index is 0.0411. The lowest BCUT2D eigenvalue weighted by Crippen LogP contribution is -2.51. The van der Waals surface area contributed by atoms with Crippen molar-refractivity contribution >= 4 is 17.7 Å². The van der Waals surface area contributed by atoms with Crippen LogP contribution in [0.2, 0.25) is 0 Å². The van der Waals surface area contributed by atoms with Crippen LogP contribution in [0.25, 0.3) is 0 Å². The van der Waals surface area contributed by atoms with Gasteiger partial charge in [-0.05, 0) is 98.0 Å². The molecule has 4 N–H and O–H groups in total. The molecule has 9 nitrogen and oxygen atoms in total. The summed E-state index contributed by atoms with van der Waals surface area (Å²) in [5.74, 6) is -2.78. The maximum Gasteiger partial charge on any atom is 0.407 e. The molecule has 1 aliphatic heterocycles. The first-order valence-corrected chi connectivity index (χ1v) is 16.9. The number of amides is 2. The first kappa shape index (κ1) is 35.0. The average Bonchev–Trinajstić information content (AvgIpc) is 3.11. The molecule has 3 atom stereocenters. The van der Waals surface area contributed by atoms with Crippen molar-refractivity contribution in [3.05, 3.63) is 125 Å². The molecular formula is C38H40F3N5O4. The number of alkyl carbamates (subject to hydrolysis) is 1. The fourth-order valence-electron chi connectivity index (χ4n) is 6.78. The van der Waals surface area contributed by atoms with Crippen LogP contribution in [-0.4, -0.2) is 47.3 Å². The Bertz CT molecular complexity index is 1700. The molecule has 0 bridgehead atoms. The number of nitrogens with one attached hydrogen (secondary N) is 2. The minimum atomic E-state index is -1.18. The Morgan fingerprint density at radius 1 is 0.920 bits per heavy atom. The van der Waals surface area contributed by atoms with Gasteiger partial charge in [-0.15, -0.1) is 0 Å². The second-order valence-electron chi connectivity index (χ2n) is 13.1. The zero-order valence-electron chi connectivity index (χ0n) is 27.5.